The molecule has 0 aliphatic carbocycles. The van der Waals surface area contributed by atoms with Gasteiger partial charge in [-0.25, -0.2) is 4.98 Å². The van der Waals surface area contributed by atoms with E-state index >= 15 is 0 Å². The van der Waals surface area contributed by atoms with Gasteiger partial charge < -0.3 is 9.73 Å². The van der Waals surface area contributed by atoms with E-state index in [4.69, 9.17) is 4.42 Å². The number of carbonyl (C=O) groups excluding carboxylic acids is 2. The first-order chi connectivity index (χ1) is 13.4. The van der Waals surface area contributed by atoms with Crippen molar-refractivity contribution < 1.29 is 14.0 Å². The maximum absolute atomic E-state index is 13.3. The number of aromatic nitrogens is 2. The first-order valence-corrected chi connectivity index (χ1v) is 9.18. The summed E-state index contributed by atoms with van der Waals surface area (Å²) in [4.78, 5) is 29.4. The van der Waals surface area contributed by atoms with Crippen molar-refractivity contribution in [2.45, 2.75) is 33.2 Å². The number of amides is 1. The molecule has 0 spiro atoms. The fraction of sp³-hybridized carbons (Fsp3) is 0.227. The summed E-state index contributed by atoms with van der Waals surface area (Å²) in [5.74, 6) is 0.226. The van der Waals surface area contributed by atoms with E-state index in [9.17, 15) is 9.59 Å². The van der Waals surface area contributed by atoms with Crippen molar-refractivity contribution in [3.05, 3.63) is 65.7 Å². The van der Waals surface area contributed by atoms with Gasteiger partial charge >= 0.3 is 0 Å². The van der Waals surface area contributed by atoms with E-state index in [0.717, 1.165) is 33.1 Å². The Labute approximate surface area is 162 Å². The molecule has 6 nitrogen and oxygen atoms in total. The van der Waals surface area contributed by atoms with Crippen LogP contribution in [0.15, 0.2) is 53.1 Å². The minimum absolute atomic E-state index is 0.121. The summed E-state index contributed by atoms with van der Waals surface area (Å²) in [5, 5.41) is 3.75. The Morgan fingerprint density at radius 3 is 2.79 bits per heavy atom. The molecule has 0 aliphatic rings. The van der Waals surface area contributed by atoms with Crippen LogP contribution in [0.3, 0.4) is 0 Å². The van der Waals surface area contributed by atoms with E-state index in [1.807, 2.05) is 56.3 Å². The lowest BCUT2D eigenvalue weighted by molar-refractivity contribution is -0.119. The molecule has 2 heterocycles. The van der Waals surface area contributed by atoms with Crippen LogP contribution >= 0.6 is 0 Å². The summed E-state index contributed by atoms with van der Waals surface area (Å²) in [7, 11) is 0. The van der Waals surface area contributed by atoms with Gasteiger partial charge in [-0.1, -0.05) is 24.3 Å². The molecule has 2 aromatic carbocycles. The number of nitrogens with zero attached hydrogens (tertiary/aromatic N) is 2. The molecule has 4 aromatic rings. The van der Waals surface area contributed by atoms with Crippen molar-refractivity contribution in [3.8, 4) is 0 Å². The number of benzene rings is 2. The summed E-state index contributed by atoms with van der Waals surface area (Å²) in [6.07, 6.45) is 1.81. The molecule has 1 atom stereocenters. The van der Waals surface area contributed by atoms with Crippen LogP contribution < -0.4 is 5.32 Å². The summed E-state index contributed by atoms with van der Waals surface area (Å²) in [6.45, 7) is 5.27. The number of aryl methyl sites for hydroxylation is 1. The zero-order chi connectivity index (χ0) is 19.8. The average Bonchev–Trinajstić information content (AvgIpc) is 3.22. The van der Waals surface area contributed by atoms with Crippen LogP contribution in [0.25, 0.3) is 22.0 Å². The Balaban J connectivity index is 1.76. The largest absolute Gasteiger partial charge is 0.464 e. The molecule has 0 saturated carbocycles. The van der Waals surface area contributed by atoms with Crippen molar-refractivity contribution >= 4 is 33.8 Å². The number of furan rings is 1. The van der Waals surface area contributed by atoms with Gasteiger partial charge in [-0.15, -0.1) is 0 Å². The third kappa shape index (κ3) is 3.17. The van der Waals surface area contributed by atoms with Gasteiger partial charge in [0.05, 0.1) is 29.8 Å². The predicted octanol–water partition coefficient (Wildman–Crippen LogP) is 4.17. The molecule has 2 aromatic heterocycles. The SMILES string of the molecule is CC(=O)NC(C)c1nc2ccccc2n1C(=O)Cc1coc2cc(C)ccc12. The highest BCUT2D eigenvalue weighted by Gasteiger charge is 2.22. The number of imidazole rings is 1. The molecule has 4 rings (SSSR count). The third-order valence-electron chi connectivity index (χ3n) is 4.80. The summed E-state index contributed by atoms with van der Waals surface area (Å²) in [5.41, 5.74) is 4.15. The molecule has 0 fully saturated rings. The number of carbonyl (C=O) groups is 2. The topological polar surface area (TPSA) is 77.1 Å². The van der Waals surface area contributed by atoms with E-state index in [2.05, 4.69) is 10.3 Å². The monoisotopic (exact) mass is 375 g/mol. The Morgan fingerprint density at radius 1 is 1.21 bits per heavy atom. The molecular weight excluding hydrogens is 354 g/mol. The molecule has 1 unspecified atom stereocenters. The zero-order valence-electron chi connectivity index (χ0n) is 16.0. The number of fused-ring (bicyclic) bond motifs is 2. The van der Waals surface area contributed by atoms with Crippen molar-refractivity contribution in [1.29, 1.82) is 0 Å². The van der Waals surface area contributed by atoms with Gasteiger partial charge in [0.1, 0.15) is 11.4 Å². The van der Waals surface area contributed by atoms with Gasteiger partial charge in [-0.2, -0.15) is 0 Å². The molecule has 6 heteroatoms. The van der Waals surface area contributed by atoms with Crippen molar-refractivity contribution in [3.63, 3.8) is 0 Å². The smallest absolute Gasteiger partial charge is 0.237 e. The Morgan fingerprint density at radius 2 is 2.00 bits per heavy atom. The molecule has 0 saturated heterocycles. The van der Waals surface area contributed by atoms with E-state index in [0.29, 0.717) is 5.82 Å². The van der Waals surface area contributed by atoms with Gasteiger partial charge in [0.2, 0.25) is 11.8 Å². The van der Waals surface area contributed by atoms with Crippen molar-refractivity contribution in [2.75, 3.05) is 0 Å². The van der Waals surface area contributed by atoms with E-state index in [-0.39, 0.29) is 18.2 Å². The molecule has 0 aliphatic heterocycles. The van der Waals surface area contributed by atoms with E-state index < -0.39 is 6.04 Å². The molecule has 142 valence electrons. The van der Waals surface area contributed by atoms with Gasteiger partial charge in [-0.3, -0.25) is 14.2 Å². The lowest BCUT2D eigenvalue weighted by atomic mass is 10.1. The average molecular weight is 375 g/mol. The highest BCUT2D eigenvalue weighted by molar-refractivity contribution is 5.95. The van der Waals surface area contributed by atoms with E-state index in [1.165, 1.54) is 6.92 Å². The van der Waals surface area contributed by atoms with Crippen LogP contribution in [0.4, 0.5) is 0 Å². The Bertz CT molecular complexity index is 1200. The zero-order valence-corrected chi connectivity index (χ0v) is 16.0. The van der Waals surface area contributed by atoms with Crippen LogP contribution in [0, 0.1) is 6.92 Å². The maximum atomic E-state index is 13.3. The maximum Gasteiger partial charge on any atom is 0.237 e. The van der Waals surface area contributed by atoms with Gasteiger partial charge in [0.25, 0.3) is 0 Å². The molecule has 1 N–H and O–H groups in total. The van der Waals surface area contributed by atoms with Crippen LogP contribution in [0.2, 0.25) is 0 Å². The third-order valence-corrected chi connectivity index (χ3v) is 4.80. The van der Waals surface area contributed by atoms with Crippen LogP contribution in [0.1, 0.15) is 41.6 Å². The fourth-order valence-electron chi connectivity index (χ4n) is 3.54. The molecule has 1 amide bonds. The Hall–Kier alpha value is -3.41. The molecule has 28 heavy (non-hydrogen) atoms. The summed E-state index contributed by atoms with van der Waals surface area (Å²) >= 11 is 0. The lowest BCUT2D eigenvalue weighted by Crippen LogP contribution is -2.28. The highest BCUT2D eigenvalue weighted by Crippen LogP contribution is 2.25. The number of nitrogens with one attached hydrogen (secondary N) is 1. The predicted molar refractivity (Wildman–Crippen MR) is 107 cm³/mol. The number of hydrogen-bond acceptors (Lipinski definition) is 4. The molecule has 0 radical (unpaired) electrons. The normalized spacial score (nSPS) is 12.4. The summed E-state index contributed by atoms with van der Waals surface area (Å²) in [6, 6.07) is 13.0. The number of para-hydroxylation sites is 2. The van der Waals surface area contributed by atoms with Gasteiger partial charge in [0.15, 0.2) is 0 Å². The summed E-state index contributed by atoms with van der Waals surface area (Å²) < 4.78 is 7.23. The van der Waals surface area contributed by atoms with Crippen molar-refractivity contribution in [2.24, 2.45) is 0 Å². The van der Waals surface area contributed by atoms with Crippen LogP contribution in [0.5, 0.6) is 0 Å². The van der Waals surface area contributed by atoms with Crippen LogP contribution in [-0.4, -0.2) is 21.4 Å². The van der Waals surface area contributed by atoms with Crippen molar-refractivity contribution in [1.82, 2.24) is 14.9 Å². The quantitative estimate of drug-likeness (QED) is 0.581. The Kier molecular flexibility index (Phi) is 4.47. The first-order valence-electron chi connectivity index (χ1n) is 9.18. The minimum atomic E-state index is -0.391. The van der Waals surface area contributed by atoms with Gasteiger partial charge in [0, 0.05) is 17.9 Å². The van der Waals surface area contributed by atoms with Gasteiger partial charge in [-0.05, 0) is 37.6 Å². The first kappa shape index (κ1) is 18.0. The second-order valence-electron chi connectivity index (χ2n) is 7.05. The number of rotatable bonds is 4. The lowest BCUT2D eigenvalue weighted by Gasteiger charge is -2.14. The van der Waals surface area contributed by atoms with Crippen LogP contribution in [-0.2, 0) is 11.2 Å². The number of hydrogen-bond donors (Lipinski definition) is 1. The molecular formula is C22H21N3O3. The second kappa shape index (κ2) is 6.96. The second-order valence-corrected chi connectivity index (χ2v) is 7.05. The highest BCUT2D eigenvalue weighted by atomic mass is 16.3. The minimum Gasteiger partial charge on any atom is -0.464 e. The standard InChI is InChI=1S/C22H21N3O3/c1-13-8-9-17-16(12-28-20(17)10-13)11-21(27)25-19-7-5-4-6-18(19)24-22(25)14(2)23-15(3)26/h4-10,12,14H,11H2,1-3H3,(H,23,26). The molecule has 0 bridgehead atoms. The fourth-order valence-corrected chi connectivity index (χ4v) is 3.54. The van der Waals surface area contributed by atoms with E-state index in [1.54, 1.807) is 10.8 Å².